The number of rotatable bonds is 1. The van der Waals surface area contributed by atoms with E-state index >= 15 is 0 Å². The molecule has 0 saturated heterocycles. The second kappa shape index (κ2) is 3.46. The number of hydrogen-bond donors (Lipinski definition) is 0. The van der Waals surface area contributed by atoms with E-state index in [1.54, 1.807) is 0 Å². The molecule has 0 fully saturated rings. The first-order valence-electron chi connectivity index (χ1n) is 2.75. The Kier molecular flexibility index (Phi) is 2.27. The van der Waals surface area contributed by atoms with Crippen LogP contribution in [-0.4, -0.2) is 11.4 Å². The molecule has 0 bridgehead atoms. The van der Waals surface area contributed by atoms with E-state index < -0.39 is 0 Å². The highest BCUT2D eigenvalue weighted by molar-refractivity contribution is 5.54. The van der Waals surface area contributed by atoms with Crippen LogP contribution in [0.2, 0.25) is 0 Å². The molecule has 0 radical (unpaired) electrons. The minimum atomic E-state index is 0.255. The molecule has 1 aromatic heterocycles. The Balaban J connectivity index is 2.57. The minimum Gasteiger partial charge on any atom is -0.363 e. The number of aromatic nitrogens is 1. The van der Waals surface area contributed by atoms with E-state index in [1.807, 2.05) is 0 Å². The fraction of sp³-hybridized carbons (Fsp3) is 0.143. The normalized spacial score (nSPS) is 8.00. The zero-order valence-electron chi connectivity index (χ0n) is 5.20. The van der Waals surface area contributed by atoms with Crippen molar-refractivity contribution in [3.8, 4) is 11.8 Å². The molecule has 1 rings (SSSR count). The lowest BCUT2D eigenvalue weighted by Crippen LogP contribution is -1.67. The molecule has 0 aliphatic rings. The van der Waals surface area contributed by atoms with Crippen LogP contribution in [0.4, 0.5) is 0 Å². The van der Waals surface area contributed by atoms with E-state index in [0.29, 0.717) is 5.56 Å². The number of nitrogens with zero attached hydrogens (tertiary/aromatic N) is 1. The molecule has 0 aromatic carbocycles. The first kappa shape index (κ1) is 6.56. The Labute approximate surface area is 58.0 Å². The van der Waals surface area contributed by atoms with Gasteiger partial charge in [0.25, 0.3) is 0 Å². The lowest BCUT2D eigenvalue weighted by molar-refractivity contribution is -0.107. The maximum atomic E-state index is 9.79. The Hall–Kier alpha value is -1.56. The third kappa shape index (κ3) is 1.75. The van der Waals surface area contributed by atoms with Gasteiger partial charge in [-0.3, -0.25) is 0 Å². The van der Waals surface area contributed by atoms with Crippen molar-refractivity contribution in [1.29, 1.82) is 0 Å². The summed E-state index contributed by atoms with van der Waals surface area (Å²) >= 11 is 0. The topological polar surface area (TPSA) is 43.1 Å². The van der Waals surface area contributed by atoms with E-state index in [4.69, 9.17) is 0 Å². The van der Waals surface area contributed by atoms with Gasteiger partial charge in [0, 0.05) is 0 Å². The van der Waals surface area contributed by atoms with Gasteiger partial charge in [-0.25, -0.2) is 0 Å². The van der Waals surface area contributed by atoms with Crippen molar-refractivity contribution in [2.24, 2.45) is 0 Å². The molecule has 0 unspecified atom stereocenters. The van der Waals surface area contributed by atoms with Crippen molar-refractivity contribution in [1.82, 2.24) is 5.16 Å². The van der Waals surface area contributed by atoms with Crippen molar-refractivity contribution in [2.45, 2.75) is 6.42 Å². The van der Waals surface area contributed by atoms with Crippen molar-refractivity contribution in [2.75, 3.05) is 0 Å². The van der Waals surface area contributed by atoms with Gasteiger partial charge in [0.15, 0.2) is 0 Å². The Morgan fingerprint density at radius 1 is 1.80 bits per heavy atom. The van der Waals surface area contributed by atoms with Crippen molar-refractivity contribution < 1.29 is 9.32 Å². The van der Waals surface area contributed by atoms with E-state index in [1.165, 1.54) is 12.5 Å². The molecule has 3 nitrogen and oxygen atoms in total. The summed E-state index contributed by atoms with van der Waals surface area (Å²) in [6.07, 6.45) is 3.93. The molecule has 50 valence electrons. The Morgan fingerprint density at radius 3 is 3.30 bits per heavy atom. The van der Waals surface area contributed by atoms with Gasteiger partial charge in [0.05, 0.1) is 18.2 Å². The summed E-state index contributed by atoms with van der Waals surface area (Å²) in [6.45, 7) is 0. The Bertz CT molecular complexity index is 253. The molecular formula is C7H5NO2. The molecule has 0 aliphatic heterocycles. The maximum Gasteiger partial charge on any atom is 0.139 e. The molecule has 10 heavy (non-hydrogen) atoms. The summed E-state index contributed by atoms with van der Waals surface area (Å²) in [5, 5.41) is 3.44. The van der Waals surface area contributed by atoms with Gasteiger partial charge in [-0.2, -0.15) is 0 Å². The van der Waals surface area contributed by atoms with Crippen molar-refractivity contribution in [3.63, 3.8) is 0 Å². The smallest absolute Gasteiger partial charge is 0.139 e. The lowest BCUT2D eigenvalue weighted by atomic mass is 10.3. The molecule has 0 aliphatic carbocycles. The van der Waals surface area contributed by atoms with Crippen LogP contribution in [0.15, 0.2) is 17.0 Å². The van der Waals surface area contributed by atoms with Crippen molar-refractivity contribution >= 4 is 6.29 Å². The molecule has 1 aromatic rings. The van der Waals surface area contributed by atoms with Crippen LogP contribution in [0.25, 0.3) is 0 Å². The fourth-order valence-corrected chi connectivity index (χ4v) is 0.461. The standard InChI is InChI=1S/C7H5NO2/c9-4-2-1-3-7-5-8-10-6-7/h4-6H,2H2. The Morgan fingerprint density at radius 2 is 2.70 bits per heavy atom. The van der Waals surface area contributed by atoms with Gasteiger partial charge in [-0.1, -0.05) is 17.0 Å². The van der Waals surface area contributed by atoms with Gasteiger partial charge < -0.3 is 9.32 Å². The summed E-state index contributed by atoms with van der Waals surface area (Å²) < 4.78 is 4.50. The quantitative estimate of drug-likeness (QED) is 0.418. The number of hydrogen-bond acceptors (Lipinski definition) is 3. The van der Waals surface area contributed by atoms with Crippen LogP contribution in [0.5, 0.6) is 0 Å². The molecule has 1 heterocycles. The second-order valence-electron chi connectivity index (χ2n) is 1.59. The zero-order valence-corrected chi connectivity index (χ0v) is 5.20. The average Bonchev–Trinajstić information content (AvgIpc) is 2.41. The van der Waals surface area contributed by atoms with Crippen LogP contribution in [0.1, 0.15) is 12.0 Å². The molecule has 3 heteroatoms. The number of carbonyl (C=O) groups excluding carboxylic acids is 1. The third-order valence-corrected chi connectivity index (χ3v) is 0.850. The lowest BCUT2D eigenvalue weighted by Gasteiger charge is -1.69. The summed E-state index contributed by atoms with van der Waals surface area (Å²) in [4.78, 5) is 9.79. The zero-order chi connectivity index (χ0) is 7.23. The second-order valence-corrected chi connectivity index (χ2v) is 1.59. The monoisotopic (exact) mass is 135 g/mol. The van der Waals surface area contributed by atoms with E-state index in [9.17, 15) is 4.79 Å². The SMILES string of the molecule is O=CCC#Cc1cnoc1. The predicted molar refractivity (Wildman–Crippen MR) is 34.1 cm³/mol. The predicted octanol–water partition coefficient (Wildman–Crippen LogP) is 0.615. The molecular weight excluding hydrogens is 130 g/mol. The minimum absolute atomic E-state index is 0.255. The summed E-state index contributed by atoms with van der Waals surface area (Å²) in [5.74, 6) is 5.31. The average molecular weight is 135 g/mol. The summed E-state index contributed by atoms with van der Waals surface area (Å²) in [7, 11) is 0. The van der Waals surface area contributed by atoms with Gasteiger partial charge >= 0.3 is 0 Å². The number of aldehydes is 1. The first-order chi connectivity index (χ1) is 4.93. The molecule has 0 amide bonds. The van der Waals surface area contributed by atoms with Crippen molar-refractivity contribution in [3.05, 3.63) is 18.0 Å². The molecule has 0 atom stereocenters. The van der Waals surface area contributed by atoms with Crippen LogP contribution >= 0.6 is 0 Å². The maximum absolute atomic E-state index is 9.79. The summed E-state index contributed by atoms with van der Waals surface area (Å²) in [5.41, 5.74) is 0.696. The van der Waals surface area contributed by atoms with Gasteiger partial charge in [0.2, 0.25) is 0 Å². The molecule has 0 saturated carbocycles. The van der Waals surface area contributed by atoms with Gasteiger partial charge in [-0.05, 0) is 0 Å². The van der Waals surface area contributed by atoms with Crippen LogP contribution in [0, 0.1) is 11.8 Å². The van der Waals surface area contributed by atoms with E-state index in [-0.39, 0.29) is 6.42 Å². The van der Waals surface area contributed by atoms with Crippen LogP contribution < -0.4 is 0 Å². The largest absolute Gasteiger partial charge is 0.363 e. The first-order valence-corrected chi connectivity index (χ1v) is 2.75. The summed E-state index contributed by atoms with van der Waals surface area (Å²) in [6, 6.07) is 0. The highest BCUT2D eigenvalue weighted by Gasteiger charge is 1.84. The van der Waals surface area contributed by atoms with E-state index in [0.717, 1.165) is 6.29 Å². The van der Waals surface area contributed by atoms with Gasteiger partial charge in [-0.15, -0.1) is 0 Å². The highest BCUT2D eigenvalue weighted by atomic mass is 16.5. The van der Waals surface area contributed by atoms with E-state index in [2.05, 4.69) is 21.5 Å². The fourth-order valence-electron chi connectivity index (χ4n) is 0.461. The molecule has 0 spiro atoms. The van der Waals surface area contributed by atoms with Gasteiger partial charge in [0.1, 0.15) is 12.5 Å². The van der Waals surface area contributed by atoms with Crippen LogP contribution in [-0.2, 0) is 4.79 Å². The van der Waals surface area contributed by atoms with Crippen LogP contribution in [0.3, 0.4) is 0 Å². The molecule has 0 N–H and O–H groups in total. The number of carbonyl (C=O) groups is 1. The third-order valence-electron chi connectivity index (χ3n) is 0.850. The highest BCUT2D eigenvalue weighted by Crippen LogP contribution is 1.91.